The zero-order valence-corrected chi connectivity index (χ0v) is 21.6. The van der Waals surface area contributed by atoms with Crippen molar-refractivity contribution in [3.8, 4) is 5.75 Å². The van der Waals surface area contributed by atoms with Gasteiger partial charge in [0.25, 0.3) is 10.1 Å². The topological polar surface area (TPSA) is 244 Å². The Bertz CT molecular complexity index is 1660. The monoisotopic (exact) mass is 628 g/mol. The molecule has 0 fully saturated rings. The minimum absolute atomic E-state index is 0.0654. The number of azo groups is 1. The lowest BCUT2D eigenvalue weighted by Crippen LogP contribution is -2.22. The Kier molecular flexibility index (Phi) is 10.9. The fraction of sp³-hybridized carbons (Fsp3) is 0.105. The number of hydrogen-bond acceptors (Lipinski definition) is 14. The molecular weight excluding hydrogens is 613 g/mol. The second-order valence-electron chi connectivity index (χ2n) is 7.15. The predicted molar refractivity (Wildman–Crippen MR) is 131 cm³/mol. The molecule has 216 valence electrons. The first-order valence-corrected chi connectivity index (χ1v) is 13.2. The van der Waals surface area contributed by atoms with Crippen LogP contribution in [0.3, 0.4) is 0 Å². The lowest BCUT2D eigenvalue weighted by Gasteiger charge is -2.13. The van der Waals surface area contributed by atoms with Crippen LogP contribution >= 0.6 is 12.0 Å². The van der Waals surface area contributed by atoms with Crippen LogP contribution in [0.4, 0.5) is 35.9 Å². The van der Waals surface area contributed by atoms with E-state index in [1.807, 2.05) is 5.32 Å². The van der Waals surface area contributed by atoms with Crippen LogP contribution < -0.4 is 11.1 Å². The molecule has 40 heavy (non-hydrogen) atoms. The molecule has 0 radical (unpaired) electrons. The highest BCUT2D eigenvalue weighted by atomic mass is 32.2. The summed E-state index contributed by atoms with van der Waals surface area (Å²) in [7, 11) is -7.81. The number of aromatic hydroxyl groups is 1. The Balaban J connectivity index is 0.00000131. The van der Waals surface area contributed by atoms with E-state index < -0.39 is 55.5 Å². The molecule has 0 bridgehead atoms. The Morgan fingerprint density at radius 1 is 1.12 bits per heavy atom. The van der Waals surface area contributed by atoms with Gasteiger partial charge < -0.3 is 16.2 Å². The van der Waals surface area contributed by atoms with Gasteiger partial charge in [0.1, 0.15) is 11.4 Å². The third kappa shape index (κ3) is 9.41. The van der Waals surface area contributed by atoms with Crippen molar-refractivity contribution in [3.63, 3.8) is 0 Å². The number of nitrogens with zero attached hydrogens (tertiary/aromatic N) is 2. The maximum absolute atomic E-state index is 13.7. The predicted octanol–water partition coefficient (Wildman–Crippen LogP) is 3.81. The van der Waals surface area contributed by atoms with Crippen LogP contribution in [0.25, 0.3) is 10.8 Å². The third-order valence-corrected chi connectivity index (χ3v) is 5.70. The molecule has 0 aromatic heterocycles. The van der Waals surface area contributed by atoms with Crippen LogP contribution in [0.5, 0.6) is 5.75 Å². The van der Waals surface area contributed by atoms with Gasteiger partial charge >= 0.3 is 16.8 Å². The van der Waals surface area contributed by atoms with E-state index in [1.165, 1.54) is 18.2 Å². The maximum atomic E-state index is 13.7. The first-order chi connectivity index (χ1) is 18.5. The minimum Gasteiger partial charge on any atom is -0.507 e. The van der Waals surface area contributed by atoms with E-state index in [1.54, 1.807) is 6.07 Å². The van der Waals surface area contributed by atoms with Crippen molar-refractivity contribution >= 4 is 72.2 Å². The van der Waals surface area contributed by atoms with Crippen LogP contribution in [0.2, 0.25) is 0 Å². The van der Waals surface area contributed by atoms with Gasteiger partial charge in [-0.25, -0.2) is 5.26 Å². The van der Waals surface area contributed by atoms with Crippen molar-refractivity contribution in [2.75, 3.05) is 16.8 Å². The molecule has 0 aliphatic heterocycles. The van der Waals surface area contributed by atoms with Gasteiger partial charge in [0.2, 0.25) is 5.91 Å². The first-order valence-electron chi connectivity index (χ1n) is 9.87. The lowest BCUT2D eigenvalue weighted by molar-refractivity contribution is -0.432. The van der Waals surface area contributed by atoms with Crippen LogP contribution in [0.15, 0.2) is 57.6 Å². The standard InChI is InChI=1S/C19H15F3N4O8S2.O3S/c20-19(21,22)11-7-10(24-15(28)8-36(30,31)32)4-5-12(11)25-26-18-16-9(2-1-3-13(16)27)6-14(17(18)23)35-34-33-29;1-4(2)3/h1-7,27,29H,8,23H2,(H,24,28)(H,30,31,32);. The van der Waals surface area contributed by atoms with Gasteiger partial charge in [0.15, 0.2) is 5.75 Å². The highest BCUT2D eigenvalue weighted by Gasteiger charge is 2.34. The number of phenolic OH excluding ortho intramolecular Hbond substituents is 1. The van der Waals surface area contributed by atoms with E-state index in [4.69, 9.17) is 28.2 Å². The van der Waals surface area contributed by atoms with Crippen molar-refractivity contribution in [3.05, 3.63) is 48.0 Å². The summed E-state index contributed by atoms with van der Waals surface area (Å²) in [6.07, 6.45) is -4.97. The Morgan fingerprint density at radius 2 is 1.77 bits per heavy atom. The molecule has 21 heteroatoms. The third-order valence-electron chi connectivity index (χ3n) is 4.43. The summed E-state index contributed by atoms with van der Waals surface area (Å²) in [5.74, 6) is -2.92. The molecular formula is C19H15F3N4O11S3. The SMILES string of the molecule is Nc1c(SOOO)cc2cccc(O)c2c1N=Nc1ccc(NC(=O)CS(=O)(=O)O)cc1C(F)(F)F.O=S(=O)=O. The number of benzene rings is 3. The van der Waals surface area contributed by atoms with Gasteiger partial charge in [-0.1, -0.05) is 17.2 Å². The number of nitrogens with one attached hydrogen (secondary N) is 1. The van der Waals surface area contributed by atoms with Crippen LogP contribution in [0.1, 0.15) is 5.56 Å². The van der Waals surface area contributed by atoms with Gasteiger partial charge in [0, 0.05) is 5.69 Å². The number of nitrogen functional groups attached to an aromatic ring is 1. The summed E-state index contributed by atoms with van der Waals surface area (Å²) in [5.41, 5.74) is 3.19. The molecule has 0 saturated carbocycles. The number of halogens is 3. The second kappa shape index (κ2) is 13.5. The molecule has 15 nitrogen and oxygen atoms in total. The number of carbonyl (C=O) groups excluding carboxylic acids is 1. The molecule has 3 aromatic carbocycles. The molecule has 3 aromatic rings. The molecule has 1 amide bonds. The number of nitrogens with two attached hydrogens (primary N) is 1. The van der Waals surface area contributed by atoms with Crippen LogP contribution in [0, 0.1) is 0 Å². The van der Waals surface area contributed by atoms with Gasteiger partial charge in [-0.15, -0.1) is 27.2 Å². The quantitative estimate of drug-likeness (QED) is 0.0595. The number of phenols is 1. The smallest absolute Gasteiger partial charge is 0.425 e. The van der Waals surface area contributed by atoms with E-state index >= 15 is 0 Å². The number of rotatable bonds is 8. The van der Waals surface area contributed by atoms with Crippen LogP contribution in [-0.2, 0) is 41.1 Å². The summed E-state index contributed by atoms with van der Waals surface area (Å²) in [6.45, 7) is 0. The highest BCUT2D eigenvalue weighted by Crippen LogP contribution is 2.45. The Labute approximate surface area is 227 Å². The van der Waals surface area contributed by atoms with E-state index in [0.29, 0.717) is 23.5 Å². The number of alkyl halides is 3. The number of carbonyl (C=O) groups is 1. The number of hydrogen-bond donors (Lipinski definition) is 5. The molecule has 0 atom stereocenters. The molecule has 0 spiro atoms. The average Bonchev–Trinajstić information content (AvgIpc) is 2.81. The lowest BCUT2D eigenvalue weighted by atomic mass is 10.1. The normalized spacial score (nSPS) is 11.7. The molecule has 0 aliphatic rings. The highest BCUT2D eigenvalue weighted by molar-refractivity contribution is 7.94. The summed E-state index contributed by atoms with van der Waals surface area (Å²) in [6, 6.07) is 8.13. The molecule has 0 aliphatic carbocycles. The summed E-state index contributed by atoms with van der Waals surface area (Å²) < 4.78 is 101. The summed E-state index contributed by atoms with van der Waals surface area (Å²) in [5, 5.41) is 32.0. The first kappa shape index (κ1) is 32.4. The van der Waals surface area contributed by atoms with E-state index in [0.717, 1.165) is 12.1 Å². The van der Waals surface area contributed by atoms with Gasteiger partial charge in [-0.2, -0.15) is 21.6 Å². The zero-order chi connectivity index (χ0) is 30.3. The molecule has 0 unspecified atom stereocenters. The number of anilines is 2. The zero-order valence-electron chi connectivity index (χ0n) is 19.2. The summed E-state index contributed by atoms with van der Waals surface area (Å²) in [4.78, 5) is 11.8. The van der Waals surface area contributed by atoms with E-state index in [-0.39, 0.29) is 27.4 Å². The van der Waals surface area contributed by atoms with Gasteiger partial charge in [-0.3, -0.25) is 9.35 Å². The maximum Gasteiger partial charge on any atom is 0.425 e. The molecule has 0 heterocycles. The fourth-order valence-electron chi connectivity index (χ4n) is 3.03. The van der Waals surface area contributed by atoms with Gasteiger partial charge in [0.05, 0.1) is 39.3 Å². The Morgan fingerprint density at radius 3 is 2.35 bits per heavy atom. The average molecular weight is 629 g/mol. The van der Waals surface area contributed by atoms with Crippen molar-refractivity contribution in [2.45, 2.75) is 11.1 Å². The van der Waals surface area contributed by atoms with E-state index in [9.17, 15) is 31.5 Å². The molecule has 6 N–H and O–H groups in total. The van der Waals surface area contributed by atoms with Crippen molar-refractivity contribution in [1.82, 2.24) is 0 Å². The summed E-state index contributed by atoms with van der Waals surface area (Å²) >= 11 is 0.461. The van der Waals surface area contributed by atoms with Crippen LogP contribution in [-0.4, -0.2) is 47.6 Å². The van der Waals surface area contributed by atoms with Crippen molar-refractivity contribution < 1.29 is 63.3 Å². The molecule has 3 rings (SSSR count). The van der Waals surface area contributed by atoms with Crippen molar-refractivity contribution in [1.29, 1.82) is 0 Å². The fourth-order valence-corrected chi connectivity index (χ4v) is 3.89. The Hall–Kier alpha value is -3.86. The van der Waals surface area contributed by atoms with E-state index in [2.05, 4.69) is 19.6 Å². The second-order valence-corrected chi connectivity index (χ2v) is 9.75. The van der Waals surface area contributed by atoms with Crippen molar-refractivity contribution in [2.24, 2.45) is 10.2 Å². The minimum atomic E-state index is -4.97. The number of fused-ring (bicyclic) bond motifs is 1. The molecule has 0 saturated heterocycles. The largest absolute Gasteiger partial charge is 0.507 e. The van der Waals surface area contributed by atoms with Gasteiger partial charge in [-0.05, 0) is 35.7 Å². The number of amides is 1.